The smallest absolute Gasteiger partial charge is 0.0472 e. The highest BCUT2D eigenvalue weighted by atomic mass is 16.2. The van der Waals surface area contributed by atoms with Gasteiger partial charge in [-0.3, -0.25) is 0 Å². The lowest BCUT2D eigenvalue weighted by Crippen LogP contribution is -2.04. The molecule has 5 N–H and O–H groups in total. The monoisotopic (exact) mass is 208 g/mol. The average Bonchev–Trinajstić information content (AvgIpc) is 2.21. The molecule has 0 radical (unpaired) electrons. The van der Waals surface area contributed by atoms with Crippen molar-refractivity contribution in [3.05, 3.63) is 23.3 Å². The van der Waals surface area contributed by atoms with Crippen LogP contribution in [-0.4, -0.2) is 11.7 Å². The maximum atomic E-state index is 8.91. The third-order valence-electron chi connectivity index (χ3n) is 2.55. The molecule has 0 bridgehead atoms. The Labute approximate surface area is 91.1 Å². The van der Waals surface area contributed by atoms with Crippen LogP contribution in [0.2, 0.25) is 0 Å². The predicted molar refractivity (Wildman–Crippen MR) is 64.7 cm³/mol. The van der Waals surface area contributed by atoms with Gasteiger partial charge >= 0.3 is 0 Å². The van der Waals surface area contributed by atoms with Crippen LogP contribution in [0.15, 0.2) is 12.1 Å². The fourth-order valence-electron chi connectivity index (χ4n) is 1.71. The van der Waals surface area contributed by atoms with Gasteiger partial charge in [-0.05, 0) is 42.5 Å². The van der Waals surface area contributed by atoms with Crippen LogP contribution in [0.1, 0.15) is 30.9 Å². The minimum atomic E-state index is 0.112. The Morgan fingerprint density at radius 3 is 2.27 bits per heavy atom. The second-order valence-electron chi connectivity index (χ2n) is 3.83. The number of aliphatic hydroxyl groups excluding tert-OH is 1. The van der Waals surface area contributed by atoms with Crippen molar-refractivity contribution in [3.63, 3.8) is 0 Å². The van der Waals surface area contributed by atoms with Gasteiger partial charge < -0.3 is 16.6 Å². The highest BCUT2D eigenvalue weighted by Gasteiger charge is 2.06. The normalized spacial score (nSPS) is 10.5. The summed E-state index contributed by atoms with van der Waals surface area (Å²) in [5.41, 5.74) is 15.4. The summed E-state index contributed by atoms with van der Waals surface area (Å²) in [6.07, 6.45) is 3.80. The molecule has 0 unspecified atom stereocenters. The largest absolute Gasteiger partial charge is 0.399 e. The molecular weight excluding hydrogens is 188 g/mol. The molecule has 3 heteroatoms. The number of rotatable bonds is 5. The Morgan fingerprint density at radius 1 is 1.13 bits per heavy atom. The van der Waals surface area contributed by atoms with Crippen LogP contribution in [0.3, 0.4) is 0 Å². The first-order valence-electron chi connectivity index (χ1n) is 5.46. The summed E-state index contributed by atoms with van der Waals surface area (Å²) in [5.74, 6) is 0. The number of anilines is 2. The van der Waals surface area contributed by atoms with Crippen molar-refractivity contribution >= 4 is 11.4 Å². The lowest BCUT2D eigenvalue weighted by Gasteiger charge is -2.11. The Bertz CT molecular complexity index is 324. The van der Waals surface area contributed by atoms with Crippen LogP contribution >= 0.6 is 0 Å². The Hall–Kier alpha value is -1.22. The number of nitrogens with two attached hydrogens (primary N) is 2. The van der Waals surface area contributed by atoms with E-state index in [1.165, 1.54) is 0 Å². The Balaban J connectivity index is 2.93. The second kappa shape index (κ2) is 5.61. The zero-order chi connectivity index (χ0) is 11.3. The van der Waals surface area contributed by atoms with Crippen LogP contribution < -0.4 is 11.5 Å². The molecule has 0 saturated carbocycles. The van der Waals surface area contributed by atoms with Gasteiger partial charge in [0.1, 0.15) is 0 Å². The van der Waals surface area contributed by atoms with E-state index < -0.39 is 0 Å². The molecule has 84 valence electrons. The fraction of sp³-hybridized carbons (Fsp3) is 0.500. The minimum absolute atomic E-state index is 0.112. The SMILES string of the molecule is CCCCc1cc(N)cc(CCO)c1N. The lowest BCUT2D eigenvalue weighted by molar-refractivity contribution is 0.300. The van der Waals surface area contributed by atoms with Gasteiger partial charge in [0.15, 0.2) is 0 Å². The molecule has 0 saturated heterocycles. The first-order valence-corrected chi connectivity index (χ1v) is 5.46. The molecule has 0 aliphatic heterocycles. The first-order chi connectivity index (χ1) is 7.19. The number of aryl methyl sites for hydroxylation is 1. The molecule has 0 atom stereocenters. The molecule has 0 aliphatic rings. The van der Waals surface area contributed by atoms with Gasteiger partial charge in [-0.15, -0.1) is 0 Å². The van der Waals surface area contributed by atoms with E-state index >= 15 is 0 Å². The Kier molecular flexibility index (Phi) is 4.43. The van der Waals surface area contributed by atoms with Crippen LogP contribution in [0.4, 0.5) is 11.4 Å². The highest BCUT2D eigenvalue weighted by molar-refractivity contribution is 5.61. The summed E-state index contributed by atoms with van der Waals surface area (Å²) in [5, 5.41) is 8.91. The summed E-state index contributed by atoms with van der Waals surface area (Å²) in [7, 11) is 0. The second-order valence-corrected chi connectivity index (χ2v) is 3.83. The molecule has 0 aliphatic carbocycles. The summed E-state index contributed by atoms with van der Waals surface area (Å²) in [4.78, 5) is 0. The van der Waals surface area contributed by atoms with Gasteiger partial charge in [0.2, 0.25) is 0 Å². The number of hydrogen-bond acceptors (Lipinski definition) is 3. The Morgan fingerprint density at radius 2 is 1.73 bits per heavy atom. The van der Waals surface area contributed by atoms with Crippen LogP contribution in [0, 0.1) is 0 Å². The van der Waals surface area contributed by atoms with Crippen molar-refractivity contribution in [2.75, 3.05) is 18.1 Å². The minimum Gasteiger partial charge on any atom is -0.399 e. The van der Waals surface area contributed by atoms with Crippen LogP contribution in [-0.2, 0) is 12.8 Å². The van der Waals surface area contributed by atoms with Gasteiger partial charge in [-0.2, -0.15) is 0 Å². The summed E-state index contributed by atoms with van der Waals surface area (Å²) in [6, 6.07) is 3.78. The molecular formula is C12H20N2O. The van der Waals surface area contributed by atoms with Crippen molar-refractivity contribution in [1.82, 2.24) is 0 Å². The van der Waals surface area contributed by atoms with Gasteiger partial charge in [0.25, 0.3) is 0 Å². The molecule has 1 rings (SSSR count). The lowest BCUT2D eigenvalue weighted by atomic mass is 10.00. The highest BCUT2D eigenvalue weighted by Crippen LogP contribution is 2.23. The van der Waals surface area contributed by atoms with Gasteiger partial charge in [0, 0.05) is 18.0 Å². The molecule has 1 aromatic carbocycles. The number of benzene rings is 1. The fourth-order valence-corrected chi connectivity index (χ4v) is 1.71. The standard InChI is InChI=1S/C12H20N2O/c1-2-3-4-9-7-11(13)8-10(5-6-15)12(9)14/h7-8,15H,2-6,13-14H2,1H3. The van der Waals surface area contributed by atoms with E-state index in [-0.39, 0.29) is 6.61 Å². The van der Waals surface area contributed by atoms with Crippen LogP contribution in [0.5, 0.6) is 0 Å². The first kappa shape index (κ1) is 11.9. The molecule has 3 nitrogen and oxygen atoms in total. The molecule has 0 heterocycles. The van der Waals surface area contributed by atoms with E-state index in [9.17, 15) is 0 Å². The summed E-state index contributed by atoms with van der Waals surface area (Å²) in [6.45, 7) is 2.26. The topological polar surface area (TPSA) is 72.3 Å². The molecule has 15 heavy (non-hydrogen) atoms. The van der Waals surface area contributed by atoms with Gasteiger partial charge in [-0.25, -0.2) is 0 Å². The average molecular weight is 208 g/mol. The van der Waals surface area contributed by atoms with Crippen molar-refractivity contribution in [2.24, 2.45) is 0 Å². The maximum absolute atomic E-state index is 8.91. The van der Waals surface area contributed by atoms with Crippen molar-refractivity contribution in [1.29, 1.82) is 0 Å². The molecule has 0 amide bonds. The molecule has 1 aromatic rings. The third-order valence-corrected chi connectivity index (χ3v) is 2.55. The predicted octanol–water partition coefficient (Wildman–Crippen LogP) is 1.73. The summed E-state index contributed by atoms with van der Waals surface area (Å²) < 4.78 is 0. The quantitative estimate of drug-likeness (QED) is 0.645. The molecule has 0 fully saturated rings. The van der Waals surface area contributed by atoms with E-state index in [0.717, 1.165) is 41.8 Å². The number of unbranched alkanes of at least 4 members (excludes halogenated alkanes) is 1. The van der Waals surface area contributed by atoms with Crippen molar-refractivity contribution in [3.8, 4) is 0 Å². The van der Waals surface area contributed by atoms with E-state index in [1.54, 1.807) is 0 Å². The zero-order valence-corrected chi connectivity index (χ0v) is 9.29. The van der Waals surface area contributed by atoms with Gasteiger partial charge in [-0.1, -0.05) is 13.3 Å². The molecule has 0 aromatic heterocycles. The number of hydrogen-bond donors (Lipinski definition) is 3. The molecule has 0 spiro atoms. The third kappa shape index (κ3) is 3.13. The zero-order valence-electron chi connectivity index (χ0n) is 9.29. The summed E-state index contributed by atoms with van der Waals surface area (Å²) >= 11 is 0. The number of aliphatic hydroxyl groups is 1. The van der Waals surface area contributed by atoms with Crippen molar-refractivity contribution in [2.45, 2.75) is 32.6 Å². The van der Waals surface area contributed by atoms with Crippen LogP contribution in [0.25, 0.3) is 0 Å². The van der Waals surface area contributed by atoms with E-state index in [1.807, 2.05) is 12.1 Å². The van der Waals surface area contributed by atoms with E-state index in [2.05, 4.69) is 6.92 Å². The van der Waals surface area contributed by atoms with E-state index in [4.69, 9.17) is 16.6 Å². The van der Waals surface area contributed by atoms with Gasteiger partial charge in [0.05, 0.1) is 0 Å². The van der Waals surface area contributed by atoms with E-state index in [0.29, 0.717) is 6.42 Å². The maximum Gasteiger partial charge on any atom is 0.0472 e. The van der Waals surface area contributed by atoms with Crippen molar-refractivity contribution < 1.29 is 5.11 Å². The number of nitrogen functional groups attached to an aromatic ring is 2.